The van der Waals surface area contributed by atoms with Gasteiger partial charge >= 0.3 is 6.09 Å². The maximum Gasteiger partial charge on any atom is 0.408 e. The van der Waals surface area contributed by atoms with E-state index < -0.39 is 17.7 Å². The Morgan fingerprint density at radius 3 is 2.47 bits per heavy atom. The Morgan fingerprint density at radius 2 is 1.77 bits per heavy atom. The van der Waals surface area contributed by atoms with E-state index in [0.29, 0.717) is 5.13 Å². The molecule has 0 saturated heterocycles. The normalized spacial score (nSPS) is 12.1. The average molecular weight is 425 g/mol. The van der Waals surface area contributed by atoms with Crippen LogP contribution in [-0.4, -0.2) is 33.6 Å². The number of alkyl carbamates (subject to hydrolysis) is 1. The predicted octanol–water partition coefficient (Wildman–Crippen LogP) is 4.72. The molecule has 2 amide bonds. The number of thiazole rings is 1. The summed E-state index contributed by atoms with van der Waals surface area (Å²) in [6.07, 6.45) is 2.87. The lowest BCUT2D eigenvalue weighted by molar-refractivity contribution is -0.117. The Hall–Kier alpha value is -3.26. The number of rotatable bonds is 5. The van der Waals surface area contributed by atoms with E-state index in [0.717, 1.165) is 22.4 Å². The standard InChI is InChI=1S/C22H24N4O3S/c1-14(24-21(28)29-22(2,3)4)19(27)26-20-25-18(13-30-20)17-7-5-6-16(12-17)15-8-10-23-11-9-15/h5-14H,1-4H3,(H,24,28)(H,25,26,27)/t14-/m0/s1. The molecule has 2 heterocycles. The average Bonchev–Trinajstić information content (AvgIpc) is 3.15. The van der Waals surface area contributed by atoms with Crippen LogP contribution in [-0.2, 0) is 9.53 Å². The highest BCUT2D eigenvalue weighted by Crippen LogP contribution is 2.28. The molecule has 0 saturated carbocycles. The summed E-state index contributed by atoms with van der Waals surface area (Å²) in [5.74, 6) is -0.368. The number of hydrogen-bond donors (Lipinski definition) is 2. The summed E-state index contributed by atoms with van der Waals surface area (Å²) in [5, 5.41) is 7.60. The Bertz CT molecular complexity index is 1030. The summed E-state index contributed by atoms with van der Waals surface area (Å²) >= 11 is 1.32. The van der Waals surface area contributed by atoms with Crippen LogP contribution in [0.2, 0.25) is 0 Å². The number of carbonyl (C=O) groups is 2. The van der Waals surface area contributed by atoms with Crippen LogP contribution in [0.3, 0.4) is 0 Å². The summed E-state index contributed by atoms with van der Waals surface area (Å²) in [5.41, 5.74) is 3.20. The van der Waals surface area contributed by atoms with Crippen LogP contribution in [0.1, 0.15) is 27.7 Å². The van der Waals surface area contributed by atoms with Crippen LogP contribution < -0.4 is 10.6 Å². The molecule has 0 radical (unpaired) electrons. The van der Waals surface area contributed by atoms with Gasteiger partial charge in [0.25, 0.3) is 0 Å². The minimum atomic E-state index is -0.762. The van der Waals surface area contributed by atoms with Crippen molar-refractivity contribution in [2.45, 2.75) is 39.3 Å². The third kappa shape index (κ3) is 5.87. The van der Waals surface area contributed by atoms with Gasteiger partial charge in [0.15, 0.2) is 5.13 Å². The van der Waals surface area contributed by atoms with Crippen molar-refractivity contribution in [3.8, 4) is 22.4 Å². The van der Waals surface area contributed by atoms with Gasteiger partial charge in [0.2, 0.25) is 5.91 Å². The SMILES string of the molecule is C[C@H](NC(=O)OC(C)(C)C)C(=O)Nc1nc(-c2cccc(-c3ccncc3)c2)cs1. The molecule has 156 valence electrons. The lowest BCUT2D eigenvalue weighted by Gasteiger charge is -2.21. The fraction of sp³-hybridized carbons (Fsp3) is 0.273. The summed E-state index contributed by atoms with van der Waals surface area (Å²) < 4.78 is 5.17. The molecule has 0 spiro atoms. The molecule has 0 bridgehead atoms. The lowest BCUT2D eigenvalue weighted by atomic mass is 10.0. The van der Waals surface area contributed by atoms with Crippen molar-refractivity contribution in [1.82, 2.24) is 15.3 Å². The van der Waals surface area contributed by atoms with E-state index in [1.807, 2.05) is 41.8 Å². The maximum absolute atomic E-state index is 12.4. The first-order valence-electron chi connectivity index (χ1n) is 9.48. The van der Waals surface area contributed by atoms with Crippen molar-refractivity contribution < 1.29 is 14.3 Å². The van der Waals surface area contributed by atoms with Crippen LogP contribution in [0, 0.1) is 0 Å². The molecule has 2 N–H and O–H groups in total. The molecule has 0 fully saturated rings. The monoisotopic (exact) mass is 424 g/mol. The number of nitrogens with one attached hydrogen (secondary N) is 2. The Labute approximate surface area is 179 Å². The number of carbonyl (C=O) groups excluding carboxylic acids is 2. The Kier molecular flexibility index (Phi) is 6.47. The highest BCUT2D eigenvalue weighted by molar-refractivity contribution is 7.14. The molecule has 0 aliphatic rings. The Morgan fingerprint density at radius 1 is 1.07 bits per heavy atom. The molecule has 8 heteroatoms. The smallest absolute Gasteiger partial charge is 0.408 e. The van der Waals surface area contributed by atoms with Gasteiger partial charge in [0.1, 0.15) is 11.6 Å². The van der Waals surface area contributed by atoms with Gasteiger partial charge in [0, 0.05) is 23.3 Å². The first kappa shape index (κ1) is 21.4. The second-order valence-electron chi connectivity index (χ2n) is 7.71. The number of hydrogen-bond acceptors (Lipinski definition) is 6. The minimum Gasteiger partial charge on any atom is -0.444 e. The van der Waals surface area contributed by atoms with Gasteiger partial charge in [-0.3, -0.25) is 9.78 Å². The molecule has 1 aromatic carbocycles. The molecule has 2 aromatic heterocycles. The molecule has 0 unspecified atom stereocenters. The van der Waals surface area contributed by atoms with E-state index in [4.69, 9.17) is 4.74 Å². The number of aromatic nitrogens is 2. The van der Waals surface area contributed by atoms with E-state index in [-0.39, 0.29) is 5.91 Å². The van der Waals surface area contributed by atoms with Gasteiger partial charge < -0.3 is 15.4 Å². The molecule has 0 aliphatic heterocycles. The van der Waals surface area contributed by atoms with E-state index in [1.165, 1.54) is 11.3 Å². The van der Waals surface area contributed by atoms with Gasteiger partial charge in [-0.15, -0.1) is 11.3 Å². The van der Waals surface area contributed by atoms with Crippen molar-refractivity contribution in [2.24, 2.45) is 0 Å². The largest absolute Gasteiger partial charge is 0.444 e. The van der Waals surface area contributed by atoms with Gasteiger partial charge in [-0.05, 0) is 57.0 Å². The second kappa shape index (κ2) is 9.04. The van der Waals surface area contributed by atoms with Gasteiger partial charge in [-0.2, -0.15) is 0 Å². The van der Waals surface area contributed by atoms with E-state index in [1.54, 1.807) is 40.1 Å². The maximum atomic E-state index is 12.4. The van der Waals surface area contributed by atoms with Gasteiger partial charge in [-0.1, -0.05) is 18.2 Å². The molecule has 3 aromatic rings. The molecule has 30 heavy (non-hydrogen) atoms. The molecule has 3 rings (SSSR count). The topological polar surface area (TPSA) is 93.2 Å². The van der Waals surface area contributed by atoms with Crippen LogP contribution in [0.5, 0.6) is 0 Å². The molecular weight excluding hydrogens is 400 g/mol. The van der Waals surface area contributed by atoms with E-state index in [2.05, 4.69) is 20.6 Å². The van der Waals surface area contributed by atoms with Crippen LogP contribution in [0.4, 0.5) is 9.93 Å². The number of ether oxygens (including phenoxy) is 1. The fourth-order valence-corrected chi connectivity index (χ4v) is 3.35. The van der Waals surface area contributed by atoms with E-state index in [9.17, 15) is 9.59 Å². The second-order valence-corrected chi connectivity index (χ2v) is 8.57. The first-order chi connectivity index (χ1) is 14.2. The van der Waals surface area contributed by atoms with Crippen molar-refractivity contribution in [1.29, 1.82) is 0 Å². The summed E-state index contributed by atoms with van der Waals surface area (Å²) in [6.45, 7) is 6.88. The third-order valence-corrected chi connectivity index (χ3v) is 4.79. The first-order valence-corrected chi connectivity index (χ1v) is 10.4. The zero-order valence-corrected chi connectivity index (χ0v) is 18.1. The summed E-state index contributed by atoms with van der Waals surface area (Å²) in [6, 6.07) is 11.1. The number of pyridine rings is 1. The van der Waals surface area contributed by atoms with Crippen molar-refractivity contribution >= 4 is 28.5 Å². The number of amides is 2. The molecule has 7 nitrogen and oxygen atoms in total. The zero-order valence-electron chi connectivity index (χ0n) is 17.3. The van der Waals surface area contributed by atoms with Crippen LogP contribution in [0.25, 0.3) is 22.4 Å². The van der Waals surface area contributed by atoms with Gasteiger partial charge in [-0.25, -0.2) is 9.78 Å². The highest BCUT2D eigenvalue weighted by atomic mass is 32.1. The van der Waals surface area contributed by atoms with Crippen LogP contribution in [0.15, 0.2) is 54.2 Å². The molecule has 0 aliphatic carbocycles. The summed E-state index contributed by atoms with van der Waals surface area (Å²) in [4.78, 5) is 32.8. The third-order valence-electron chi connectivity index (χ3n) is 4.03. The number of nitrogens with zero attached hydrogens (tertiary/aromatic N) is 2. The minimum absolute atomic E-state index is 0.368. The van der Waals surface area contributed by atoms with Crippen molar-refractivity contribution in [2.75, 3.05) is 5.32 Å². The Balaban J connectivity index is 1.65. The highest BCUT2D eigenvalue weighted by Gasteiger charge is 2.21. The number of benzene rings is 1. The molecular formula is C22H24N4O3S. The van der Waals surface area contributed by atoms with Crippen molar-refractivity contribution in [3.63, 3.8) is 0 Å². The quantitative estimate of drug-likeness (QED) is 0.618. The zero-order chi connectivity index (χ0) is 21.7. The van der Waals surface area contributed by atoms with Crippen LogP contribution >= 0.6 is 11.3 Å². The molecule has 1 atom stereocenters. The van der Waals surface area contributed by atoms with E-state index >= 15 is 0 Å². The van der Waals surface area contributed by atoms with Gasteiger partial charge in [0.05, 0.1) is 5.69 Å². The predicted molar refractivity (Wildman–Crippen MR) is 118 cm³/mol. The lowest BCUT2D eigenvalue weighted by Crippen LogP contribution is -2.43. The van der Waals surface area contributed by atoms with Crippen molar-refractivity contribution in [3.05, 3.63) is 54.2 Å². The number of anilines is 1. The summed E-state index contributed by atoms with van der Waals surface area (Å²) in [7, 11) is 0. The fourth-order valence-electron chi connectivity index (χ4n) is 2.63.